The van der Waals surface area contributed by atoms with E-state index in [1.54, 1.807) is 7.11 Å². The van der Waals surface area contributed by atoms with Gasteiger partial charge in [0.2, 0.25) is 0 Å². The molecule has 5 rings (SSSR count). The summed E-state index contributed by atoms with van der Waals surface area (Å²) in [5.41, 5.74) is 1.13. The fraction of sp³-hybridized carbons (Fsp3) is 0.321. The number of pyridine rings is 1. The lowest BCUT2D eigenvalue weighted by atomic mass is 10.1. The zero-order chi connectivity index (χ0) is 22.6. The summed E-state index contributed by atoms with van der Waals surface area (Å²) >= 11 is 0. The van der Waals surface area contributed by atoms with E-state index in [1.807, 2.05) is 65.2 Å². The Hall–Kier alpha value is -3.31. The molecule has 1 aliphatic heterocycles. The van der Waals surface area contributed by atoms with Gasteiger partial charge in [-0.2, -0.15) is 0 Å². The molecular formula is C28H30N2O3. The molecule has 0 bridgehead atoms. The van der Waals surface area contributed by atoms with Gasteiger partial charge >= 0.3 is 0 Å². The van der Waals surface area contributed by atoms with Crippen molar-refractivity contribution in [3.63, 3.8) is 0 Å². The minimum atomic E-state index is 0.107. The van der Waals surface area contributed by atoms with Gasteiger partial charge in [0.1, 0.15) is 6.10 Å². The van der Waals surface area contributed by atoms with Crippen LogP contribution in [0.1, 0.15) is 19.3 Å². The Bertz CT molecular complexity index is 1310. The molecule has 1 atom stereocenters. The Morgan fingerprint density at radius 3 is 2.30 bits per heavy atom. The first-order chi connectivity index (χ1) is 16.2. The average molecular weight is 443 g/mol. The van der Waals surface area contributed by atoms with Crippen molar-refractivity contribution in [2.24, 2.45) is 0 Å². The first kappa shape index (κ1) is 21.5. The Morgan fingerprint density at radius 1 is 0.818 bits per heavy atom. The van der Waals surface area contributed by atoms with Gasteiger partial charge in [0.05, 0.1) is 12.6 Å². The highest BCUT2D eigenvalue weighted by molar-refractivity contribution is 6.05. The van der Waals surface area contributed by atoms with E-state index in [9.17, 15) is 4.79 Å². The maximum atomic E-state index is 13.2. The maximum absolute atomic E-state index is 13.2. The van der Waals surface area contributed by atoms with Gasteiger partial charge in [-0.15, -0.1) is 0 Å². The number of benzene rings is 3. The fourth-order valence-corrected chi connectivity index (χ4v) is 4.92. The summed E-state index contributed by atoms with van der Waals surface area (Å²) < 4.78 is 13.6. The molecule has 5 nitrogen and oxygen atoms in total. The largest absolute Gasteiger partial charge is 0.493 e. The first-order valence-corrected chi connectivity index (χ1v) is 11.8. The minimum Gasteiger partial charge on any atom is -0.493 e. The van der Waals surface area contributed by atoms with Gasteiger partial charge in [-0.1, -0.05) is 48.5 Å². The molecule has 1 fully saturated rings. The summed E-state index contributed by atoms with van der Waals surface area (Å²) in [6.07, 6.45) is 3.23. The average Bonchev–Trinajstić information content (AvgIpc) is 3.31. The zero-order valence-corrected chi connectivity index (χ0v) is 19.1. The SMILES string of the molecule is COc1ccccc1OC1CCN(CCCCn2c(=O)c3ccccc3c3ccccc32)C1. The second-order valence-electron chi connectivity index (χ2n) is 8.71. The van der Waals surface area contributed by atoms with Crippen molar-refractivity contribution in [2.75, 3.05) is 26.7 Å². The molecule has 0 amide bonds. The number of methoxy groups -OCH3 is 1. The molecule has 1 aliphatic rings. The third-order valence-corrected chi connectivity index (χ3v) is 6.59. The number of nitrogens with zero attached hydrogens (tertiary/aromatic N) is 2. The van der Waals surface area contributed by atoms with Crippen molar-refractivity contribution < 1.29 is 9.47 Å². The monoisotopic (exact) mass is 442 g/mol. The Balaban J connectivity index is 1.20. The van der Waals surface area contributed by atoms with Gasteiger partial charge in [-0.05, 0) is 55.5 Å². The van der Waals surface area contributed by atoms with Crippen molar-refractivity contribution in [1.29, 1.82) is 0 Å². The first-order valence-electron chi connectivity index (χ1n) is 11.8. The van der Waals surface area contributed by atoms with Gasteiger partial charge in [0.15, 0.2) is 11.5 Å². The smallest absolute Gasteiger partial charge is 0.258 e. The molecule has 3 aromatic carbocycles. The number of rotatable bonds is 8. The number of hydrogen-bond donors (Lipinski definition) is 0. The van der Waals surface area contributed by atoms with Crippen LogP contribution in [-0.4, -0.2) is 42.3 Å². The van der Waals surface area contributed by atoms with Gasteiger partial charge in [0.25, 0.3) is 5.56 Å². The van der Waals surface area contributed by atoms with Crippen molar-refractivity contribution in [2.45, 2.75) is 31.9 Å². The molecule has 0 spiro atoms. The van der Waals surface area contributed by atoms with Crippen molar-refractivity contribution in [3.8, 4) is 11.5 Å². The van der Waals surface area contributed by atoms with Crippen LogP contribution in [0.25, 0.3) is 21.7 Å². The standard InChI is InChI=1S/C28H30N2O3/c1-32-26-14-6-7-15-27(26)33-21-16-19-29(20-21)17-8-9-18-30-25-13-5-4-11-23(25)22-10-2-3-12-24(22)28(30)31/h2-7,10-15,21H,8-9,16-20H2,1H3. The predicted molar refractivity (Wildman–Crippen MR) is 133 cm³/mol. The number of para-hydroxylation sites is 3. The maximum Gasteiger partial charge on any atom is 0.258 e. The quantitative estimate of drug-likeness (QED) is 0.281. The molecule has 1 saturated heterocycles. The Labute approximate surface area is 194 Å². The van der Waals surface area contributed by atoms with E-state index >= 15 is 0 Å². The van der Waals surface area contributed by atoms with Crippen LogP contribution in [-0.2, 0) is 6.54 Å². The van der Waals surface area contributed by atoms with E-state index in [1.165, 1.54) is 0 Å². The van der Waals surface area contributed by atoms with E-state index in [2.05, 4.69) is 17.0 Å². The van der Waals surface area contributed by atoms with Crippen molar-refractivity contribution >= 4 is 21.7 Å². The molecule has 2 heterocycles. The second-order valence-corrected chi connectivity index (χ2v) is 8.71. The number of fused-ring (bicyclic) bond motifs is 3. The van der Waals surface area contributed by atoms with Crippen LogP contribution in [0, 0.1) is 0 Å². The van der Waals surface area contributed by atoms with Crippen LogP contribution in [0.4, 0.5) is 0 Å². The molecule has 4 aromatic rings. The summed E-state index contributed by atoms with van der Waals surface area (Å²) in [6.45, 7) is 3.72. The van der Waals surface area contributed by atoms with Gasteiger partial charge in [-0.3, -0.25) is 9.69 Å². The molecule has 170 valence electrons. The fourth-order valence-electron chi connectivity index (χ4n) is 4.92. The lowest BCUT2D eigenvalue weighted by Crippen LogP contribution is -2.26. The lowest BCUT2D eigenvalue weighted by Gasteiger charge is -2.18. The molecule has 0 radical (unpaired) electrons. The van der Waals surface area contributed by atoms with Crippen LogP contribution in [0.3, 0.4) is 0 Å². The normalized spacial score (nSPS) is 16.5. The number of aromatic nitrogens is 1. The molecule has 5 heteroatoms. The minimum absolute atomic E-state index is 0.107. The van der Waals surface area contributed by atoms with Gasteiger partial charge < -0.3 is 14.0 Å². The molecule has 33 heavy (non-hydrogen) atoms. The topological polar surface area (TPSA) is 43.7 Å². The van der Waals surface area contributed by atoms with Crippen molar-refractivity contribution in [3.05, 3.63) is 83.2 Å². The second kappa shape index (κ2) is 9.67. The summed E-state index contributed by atoms with van der Waals surface area (Å²) in [5, 5.41) is 2.98. The lowest BCUT2D eigenvalue weighted by molar-refractivity contribution is 0.192. The van der Waals surface area contributed by atoms with Crippen molar-refractivity contribution in [1.82, 2.24) is 9.47 Å². The summed E-state index contributed by atoms with van der Waals surface area (Å²) in [7, 11) is 1.67. The molecule has 0 aliphatic carbocycles. The van der Waals surface area contributed by atoms with Crippen LogP contribution in [0.5, 0.6) is 11.5 Å². The molecule has 1 unspecified atom stereocenters. The number of likely N-dealkylation sites (tertiary alicyclic amines) is 1. The van der Waals surface area contributed by atoms with E-state index < -0.39 is 0 Å². The highest BCUT2D eigenvalue weighted by atomic mass is 16.5. The van der Waals surface area contributed by atoms with E-state index in [0.717, 1.165) is 78.6 Å². The van der Waals surface area contributed by atoms with Gasteiger partial charge in [-0.25, -0.2) is 0 Å². The van der Waals surface area contributed by atoms with E-state index in [0.29, 0.717) is 0 Å². The van der Waals surface area contributed by atoms with Crippen LogP contribution in [0.15, 0.2) is 77.6 Å². The van der Waals surface area contributed by atoms with Gasteiger partial charge in [0, 0.05) is 30.4 Å². The van der Waals surface area contributed by atoms with E-state index in [4.69, 9.17) is 9.47 Å². The molecule has 1 aromatic heterocycles. The number of ether oxygens (including phenoxy) is 2. The highest BCUT2D eigenvalue weighted by Gasteiger charge is 2.24. The highest BCUT2D eigenvalue weighted by Crippen LogP contribution is 2.29. The zero-order valence-electron chi connectivity index (χ0n) is 19.1. The van der Waals surface area contributed by atoms with Crippen LogP contribution in [0.2, 0.25) is 0 Å². The summed E-state index contributed by atoms with van der Waals surface area (Å²) in [4.78, 5) is 15.6. The van der Waals surface area contributed by atoms with Crippen LogP contribution >= 0.6 is 0 Å². The number of aryl methyl sites for hydroxylation is 1. The van der Waals surface area contributed by atoms with Crippen LogP contribution < -0.4 is 15.0 Å². The third kappa shape index (κ3) is 4.46. The number of hydrogen-bond acceptors (Lipinski definition) is 4. The summed E-state index contributed by atoms with van der Waals surface area (Å²) in [5.74, 6) is 1.60. The molecule has 0 saturated carbocycles. The molecular weight excluding hydrogens is 412 g/mol. The molecule has 0 N–H and O–H groups in total. The Kier molecular flexibility index (Phi) is 6.31. The predicted octanol–water partition coefficient (Wildman–Crippen LogP) is 5.10. The van der Waals surface area contributed by atoms with E-state index in [-0.39, 0.29) is 11.7 Å². The number of unbranched alkanes of at least 4 members (excludes halogenated alkanes) is 1. The third-order valence-electron chi connectivity index (χ3n) is 6.59. The summed E-state index contributed by atoms with van der Waals surface area (Å²) in [6, 6.07) is 24.0. The Morgan fingerprint density at radius 2 is 1.48 bits per heavy atom.